The van der Waals surface area contributed by atoms with Crippen molar-refractivity contribution >= 4 is 18.1 Å². The number of rotatable bonds is 4. The molecule has 1 aliphatic heterocycles. The van der Waals surface area contributed by atoms with E-state index < -0.39 is 18.1 Å². The van der Waals surface area contributed by atoms with Gasteiger partial charge in [0, 0.05) is 6.54 Å². The zero-order valence-electron chi connectivity index (χ0n) is 15.3. The third kappa shape index (κ3) is 4.08. The number of sulfonamides is 1. The summed E-state index contributed by atoms with van der Waals surface area (Å²) in [6.07, 6.45) is 2.81. The number of aryl methyl sites for hydroxylation is 1. The lowest BCUT2D eigenvalue weighted by Crippen LogP contribution is -2.36. The van der Waals surface area contributed by atoms with Gasteiger partial charge < -0.3 is 0 Å². The van der Waals surface area contributed by atoms with Gasteiger partial charge in [0.05, 0.1) is 18.7 Å². The molecule has 0 bridgehead atoms. The Hall–Kier alpha value is -1.59. The van der Waals surface area contributed by atoms with Gasteiger partial charge in [-0.15, -0.1) is 0 Å². The van der Waals surface area contributed by atoms with Crippen LogP contribution in [0.1, 0.15) is 18.9 Å². The van der Waals surface area contributed by atoms with E-state index in [-0.39, 0.29) is 0 Å². The van der Waals surface area contributed by atoms with Gasteiger partial charge in [0.1, 0.15) is 0 Å². The molecule has 0 amide bonds. The lowest BCUT2D eigenvalue weighted by atomic mass is 10.0. The van der Waals surface area contributed by atoms with Crippen molar-refractivity contribution in [2.75, 3.05) is 6.54 Å². The molecule has 0 atom stereocenters. The van der Waals surface area contributed by atoms with Crippen LogP contribution in [0, 0.1) is 6.92 Å². The summed E-state index contributed by atoms with van der Waals surface area (Å²) >= 11 is 0. The van der Waals surface area contributed by atoms with Crippen LogP contribution >= 0.6 is 0 Å². The molecule has 1 aromatic carbocycles. The van der Waals surface area contributed by atoms with Gasteiger partial charge in [0.15, 0.2) is 0 Å². The van der Waals surface area contributed by atoms with Crippen LogP contribution in [0.5, 0.6) is 0 Å². The Kier molecular flexibility index (Phi) is 5.25. The summed E-state index contributed by atoms with van der Waals surface area (Å²) in [5.41, 5.74) is 5.88. The van der Waals surface area contributed by atoms with E-state index in [4.69, 9.17) is 0 Å². The van der Waals surface area contributed by atoms with Crippen LogP contribution in [0.2, 0.25) is 19.6 Å². The molecule has 0 spiro atoms. The molecular weight excluding hydrogens is 334 g/mol. The van der Waals surface area contributed by atoms with Crippen LogP contribution in [-0.4, -0.2) is 27.3 Å². The molecule has 3 nitrogen and oxygen atoms in total. The zero-order valence-corrected chi connectivity index (χ0v) is 17.1. The Morgan fingerprint density at radius 1 is 1.21 bits per heavy atom. The minimum absolute atomic E-state index is 0.345. The van der Waals surface area contributed by atoms with Gasteiger partial charge in [-0.25, -0.2) is 8.42 Å². The van der Waals surface area contributed by atoms with E-state index in [9.17, 15) is 8.42 Å². The maximum absolute atomic E-state index is 13.2. The monoisotopic (exact) mass is 361 g/mol. The molecule has 0 aliphatic carbocycles. The second-order valence-corrected chi connectivity index (χ2v) is 14.4. The average Bonchev–Trinajstić information content (AvgIpc) is 2.45. The van der Waals surface area contributed by atoms with E-state index in [0.717, 1.165) is 22.4 Å². The molecule has 5 heteroatoms. The van der Waals surface area contributed by atoms with Gasteiger partial charge in [-0.2, -0.15) is 0 Å². The van der Waals surface area contributed by atoms with Gasteiger partial charge in [-0.3, -0.25) is 4.31 Å². The fourth-order valence-corrected chi connectivity index (χ4v) is 5.44. The predicted molar refractivity (Wildman–Crippen MR) is 104 cm³/mol. The fraction of sp³-hybridized carbons (Fsp3) is 0.368. The summed E-state index contributed by atoms with van der Waals surface area (Å²) in [7, 11) is -5.17. The Labute approximate surface area is 147 Å². The maximum Gasteiger partial charge on any atom is 0.264 e. The van der Waals surface area contributed by atoms with Crippen LogP contribution in [-0.2, 0) is 10.0 Å². The van der Waals surface area contributed by atoms with Crippen LogP contribution in [0.25, 0.3) is 0 Å². The summed E-state index contributed by atoms with van der Waals surface area (Å²) in [5.74, 6) is 0. The standard InChI is InChI=1S/C19H27NO2SSi/c1-15(2)18-8-7-13-20(19(18)14-24(4,5)6)23(21,22)17-11-9-16(3)10-12-17/h8-12,14H,1,7,13H2,2-6H3/b19-14-. The molecule has 0 unspecified atom stereocenters. The quantitative estimate of drug-likeness (QED) is 0.732. The molecule has 0 saturated carbocycles. The highest BCUT2D eigenvalue weighted by Gasteiger charge is 2.31. The summed E-state index contributed by atoms with van der Waals surface area (Å²) in [5, 5.41) is 0. The van der Waals surface area contributed by atoms with E-state index in [2.05, 4.69) is 38.0 Å². The zero-order chi connectivity index (χ0) is 18.1. The van der Waals surface area contributed by atoms with Crippen molar-refractivity contribution in [3.8, 4) is 0 Å². The first kappa shape index (κ1) is 18.7. The molecule has 130 valence electrons. The average molecular weight is 362 g/mol. The largest absolute Gasteiger partial charge is 0.266 e. The number of hydrogen-bond donors (Lipinski definition) is 0. The van der Waals surface area contributed by atoms with Crippen LogP contribution in [0.15, 0.2) is 64.4 Å². The fourth-order valence-electron chi connectivity index (χ4n) is 2.73. The van der Waals surface area contributed by atoms with Crippen molar-refractivity contribution in [2.24, 2.45) is 0 Å². The van der Waals surface area contributed by atoms with Crippen molar-refractivity contribution in [2.45, 2.75) is 44.8 Å². The first-order valence-corrected chi connectivity index (χ1v) is 13.2. The van der Waals surface area contributed by atoms with Crippen LogP contribution in [0.3, 0.4) is 0 Å². The molecular formula is C19H27NO2SSi. The Balaban J connectivity index is 2.58. The Morgan fingerprint density at radius 3 is 2.29 bits per heavy atom. The molecule has 2 rings (SSSR count). The Bertz CT molecular complexity index is 797. The van der Waals surface area contributed by atoms with Gasteiger partial charge >= 0.3 is 0 Å². The topological polar surface area (TPSA) is 37.4 Å². The highest BCUT2D eigenvalue weighted by Crippen LogP contribution is 2.33. The predicted octanol–water partition coefficient (Wildman–Crippen LogP) is 4.65. The van der Waals surface area contributed by atoms with Crippen molar-refractivity contribution in [1.29, 1.82) is 0 Å². The normalized spacial score (nSPS) is 17.8. The minimum Gasteiger partial charge on any atom is -0.266 e. The molecule has 0 saturated heterocycles. The van der Waals surface area contributed by atoms with Crippen LogP contribution < -0.4 is 0 Å². The number of nitrogens with zero attached hydrogens (tertiary/aromatic N) is 1. The van der Waals surface area contributed by atoms with Crippen molar-refractivity contribution < 1.29 is 8.42 Å². The number of benzene rings is 1. The first-order chi connectivity index (χ1) is 11.0. The van der Waals surface area contributed by atoms with Gasteiger partial charge in [-0.05, 0) is 43.5 Å². The maximum atomic E-state index is 13.2. The van der Waals surface area contributed by atoms with Crippen molar-refractivity contribution in [3.05, 3.63) is 65.0 Å². The minimum atomic E-state index is -3.56. The Morgan fingerprint density at radius 2 is 1.79 bits per heavy atom. The second-order valence-electron chi connectivity index (χ2n) is 7.47. The highest BCUT2D eigenvalue weighted by molar-refractivity contribution is 7.89. The van der Waals surface area contributed by atoms with Crippen LogP contribution in [0.4, 0.5) is 0 Å². The van der Waals surface area contributed by atoms with E-state index in [0.29, 0.717) is 17.9 Å². The van der Waals surface area contributed by atoms with Crippen molar-refractivity contribution in [3.63, 3.8) is 0 Å². The highest BCUT2D eigenvalue weighted by atomic mass is 32.2. The molecule has 0 N–H and O–H groups in total. The van der Waals surface area contributed by atoms with E-state index >= 15 is 0 Å². The van der Waals surface area contributed by atoms with Crippen molar-refractivity contribution in [1.82, 2.24) is 4.31 Å². The lowest BCUT2D eigenvalue weighted by Gasteiger charge is -2.33. The van der Waals surface area contributed by atoms with E-state index in [1.165, 1.54) is 0 Å². The molecule has 1 heterocycles. The molecule has 1 aromatic rings. The summed E-state index contributed by atoms with van der Waals surface area (Å²) in [6.45, 7) is 15.0. The van der Waals surface area contributed by atoms with E-state index in [1.807, 2.05) is 26.0 Å². The number of hydrogen-bond acceptors (Lipinski definition) is 2. The third-order valence-electron chi connectivity index (χ3n) is 3.86. The molecule has 0 fully saturated rings. The second kappa shape index (κ2) is 6.73. The summed E-state index contributed by atoms with van der Waals surface area (Å²) in [4.78, 5) is 0.345. The first-order valence-electron chi connectivity index (χ1n) is 8.21. The van der Waals surface area contributed by atoms with E-state index in [1.54, 1.807) is 16.4 Å². The van der Waals surface area contributed by atoms with Gasteiger partial charge in [0.2, 0.25) is 0 Å². The third-order valence-corrected chi connectivity index (χ3v) is 6.83. The SMILES string of the molecule is C=C(C)C1=CCCN(S(=O)(=O)c2ccc(C)cc2)/C1=C\[Si](C)(C)C. The lowest BCUT2D eigenvalue weighted by molar-refractivity contribution is 0.476. The van der Waals surface area contributed by atoms with Gasteiger partial charge in [0.25, 0.3) is 10.0 Å². The smallest absolute Gasteiger partial charge is 0.264 e. The summed E-state index contributed by atoms with van der Waals surface area (Å²) in [6, 6.07) is 7.06. The molecule has 24 heavy (non-hydrogen) atoms. The van der Waals surface area contributed by atoms with Gasteiger partial charge in [-0.1, -0.05) is 55.7 Å². The molecule has 1 aliphatic rings. The number of allylic oxidation sites excluding steroid dienone is 1. The molecule has 0 aromatic heterocycles. The summed E-state index contributed by atoms with van der Waals surface area (Å²) < 4.78 is 28.0. The molecule has 0 radical (unpaired) electrons.